The van der Waals surface area contributed by atoms with Crippen molar-refractivity contribution < 1.29 is 5.11 Å². The molecule has 0 spiro atoms. The molecule has 0 saturated carbocycles. The number of benzene rings is 2. The third-order valence-corrected chi connectivity index (χ3v) is 3.94. The molecule has 0 bridgehead atoms. The molecule has 0 unspecified atom stereocenters. The Morgan fingerprint density at radius 1 is 1.24 bits per heavy atom. The first-order valence-corrected chi connectivity index (χ1v) is 7.64. The van der Waals surface area contributed by atoms with Crippen molar-refractivity contribution in [1.29, 1.82) is 0 Å². The monoisotopic (exact) mass is 345 g/mol. The van der Waals surface area contributed by atoms with Crippen molar-refractivity contribution >= 4 is 32.7 Å². The largest absolute Gasteiger partial charge is 0.506 e. The smallest absolute Gasteiger partial charge is 0.141 e. The van der Waals surface area contributed by atoms with Crippen LogP contribution in [0.2, 0.25) is 0 Å². The number of rotatable bonds is 3. The first-order chi connectivity index (χ1) is 10.1. The molecule has 0 atom stereocenters. The number of phenolic OH excluding ortho intramolecular Hbond substituents is 1. The maximum atomic E-state index is 9.58. The van der Waals surface area contributed by atoms with Gasteiger partial charge in [0.1, 0.15) is 11.6 Å². The van der Waals surface area contributed by atoms with Crippen molar-refractivity contribution in [2.75, 3.05) is 5.73 Å². The third-order valence-electron chi connectivity index (χ3n) is 3.44. The Hall–Kier alpha value is -2.01. The van der Waals surface area contributed by atoms with Crippen molar-refractivity contribution in [3.05, 3.63) is 40.9 Å². The molecule has 0 aliphatic rings. The third kappa shape index (κ3) is 2.49. The quantitative estimate of drug-likeness (QED) is 0.553. The van der Waals surface area contributed by atoms with E-state index in [2.05, 4.69) is 33.5 Å². The average molecular weight is 346 g/mol. The van der Waals surface area contributed by atoms with E-state index in [9.17, 15) is 5.11 Å². The van der Waals surface area contributed by atoms with Gasteiger partial charge in [0.25, 0.3) is 0 Å². The average Bonchev–Trinajstić information content (AvgIpc) is 2.80. The topological polar surface area (TPSA) is 64.1 Å². The molecule has 1 aromatic heterocycles. The number of nitrogens with zero attached hydrogens (tertiary/aromatic N) is 2. The molecular formula is C16H16BrN3O. The summed E-state index contributed by atoms with van der Waals surface area (Å²) >= 11 is 3.48. The molecule has 0 amide bonds. The molecule has 3 aromatic rings. The van der Waals surface area contributed by atoms with E-state index < -0.39 is 0 Å². The van der Waals surface area contributed by atoms with Gasteiger partial charge < -0.3 is 15.4 Å². The fraction of sp³-hybridized carbons (Fsp3) is 0.188. The zero-order valence-corrected chi connectivity index (χ0v) is 13.3. The van der Waals surface area contributed by atoms with Crippen LogP contribution in [0.25, 0.3) is 22.4 Å². The van der Waals surface area contributed by atoms with E-state index in [0.717, 1.165) is 39.9 Å². The Morgan fingerprint density at radius 3 is 2.76 bits per heavy atom. The maximum Gasteiger partial charge on any atom is 0.141 e. The van der Waals surface area contributed by atoms with E-state index in [1.165, 1.54) is 0 Å². The van der Waals surface area contributed by atoms with Crippen LogP contribution in [-0.2, 0) is 6.54 Å². The lowest BCUT2D eigenvalue weighted by molar-refractivity contribution is 0.478. The van der Waals surface area contributed by atoms with E-state index in [0.29, 0.717) is 5.69 Å². The first-order valence-electron chi connectivity index (χ1n) is 6.85. The number of imidazole rings is 1. The second kappa shape index (κ2) is 5.41. The fourth-order valence-electron chi connectivity index (χ4n) is 2.47. The molecule has 0 radical (unpaired) electrons. The van der Waals surface area contributed by atoms with E-state index >= 15 is 0 Å². The molecule has 3 rings (SSSR count). The van der Waals surface area contributed by atoms with Crippen molar-refractivity contribution in [2.45, 2.75) is 19.9 Å². The first kappa shape index (κ1) is 13.9. The number of aryl methyl sites for hydroxylation is 1. The zero-order chi connectivity index (χ0) is 15.0. The van der Waals surface area contributed by atoms with Crippen molar-refractivity contribution in [1.82, 2.24) is 9.55 Å². The van der Waals surface area contributed by atoms with Crippen LogP contribution in [0.1, 0.15) is 13.3 Å². The zero-order valence-electron chi connectivity index (χ0n) is 11.7. The second-order valence-electron chi connectivity index (χ2n) is 4.99. The lowest BCUT2D eigenvalue weighted by Crippen LogP contribution is -2.00. The Morgan fingerprint density at radius 2 is 2.05 bits per heavy atom. The maximum absolute atomic E-state index is 9.58. The fourth-order valence-corrected chi connectivity index (χ4v) is 2.82. The molecule has 108 valence electrons. The molecule has 0 aliphatic heterocycles. The predicted molar refractivity (Wildman–Crippen MR) is 89.2 cm³/mol. The molecule has 1 heterocycles. The number of phenols is 1. The van der Waals surface area contributed by atoms with Gasteiger partial charge in [0.2, 0.25) is 0 Å². The summed E-state index contributed by atoms with van der Waals surface area (Å²) in [5.41, 5.74) is 9.12. The highest BCUT2D eigenvalue weighted by molar-refractivity contribution is 9.10. The minimum atomic E-state index is 0.0969. The molecule has 3 N–H and O–H groups in total. The van der Waals surface area contributed by atoms with Crippen molar-refractivity contribution in [2.24, 2.45) is 0 Å². The standard InChI is InChI=1S/C16H16BrN3O/c1-2-7-20-14-5-4-11(17)9-13(14)19-16(20)10-3-6-15(21)12(18)8-10/h3-6,8-9,21H,2,7,18H2,1H3. The summed E-state index contributed by atoms with van der Waals surface area (Å²) in [6, 6.07) is 11.3. The van der Waals surface area contributed by atoms with Crippen LogP contribution in [0.4, 0.5) is 5.69 Å². The van der Waals surface area contributed by atoms with Gasteiger partial charge in [-0.05, 0) is 42.8 Å². The van der Waals surface area contributed by atoms with Crippen LogP contribution in [0, 0.1) is 0 Å². The normalized spacial score (nSPS) is 11.1. The minimum absolute atomic E-state index is 0.0969. The van der Waals surface area contributed by atoms with Crippen molar-refractivity contribution in [3.8, 4) is 17.1 Å². The van der Waals surface area contributed by atoms with E-state index in [4.69, 9.17) is 10.7 Å². The van der Waals surface area contributed by atoms with Gasteiger partial charge >= 0.3 is 0 Å². The summed E-state index contributed by atoms with van der Waals surface area (Å²) in [4.78, 5) is 4.73. The van der Waals surface area contributed by atoms with Crippen molar-refractivity contribution in [3.63, 3.8) is 0 Å². The van der Waals surface area contributed by atoms with E-state index in [1.807, 2.05) is 18.2 Å². The van der Waals surface area contributed by atoms with Crippen LogP contribution in [-0.4, -0.2) is 14.7 Å². The highest BCUT2D eigenvalue weighted by Gasteiger charge is 2.13. The van der Waals surface area contributed by atoms with Gasteiger partial charge in [-0.1, -0.05) is 22.9 Å². The molecule has 0 fully saturated rings. The lowest BCUT2D eigenvalue weighted by Gasteiger charge is -2.09. The van der Waals surface area contributed by atoms with Gasteiger partial charge in [0, 0.05) is 16.6 Å². The van der Waals surface area contributed by atoms with Gasteiger partial charge in [-0.3, -0.25) is 0 Å². The molecule has 2 aromatic carbocycles. The number of fused-ring (bicyclic) bond motifs is 1. The van der Waals surface area contributed by atoms with Gasteiger partial charge in [0.05, 0.1) is 16.7 Å². The Kier molecular flexibility index (Phi) is 3.59. The number of nitrogen functional groups attached to an aromatic ring is 1. The van der Waals surface area contributed by atoms with Crippen LogP contribution in [0.3, 0.4) is 0 Å². The Bertz CT molecular complexity index is 811. The number of hydrogen-bond donors (Lipinski definition) is 2. The molecule has 21 heavy (non-hydrogen) atoms. The Labute approximate surface area is 131 Å². The second-order valence-corrected chi connectivity index (χ2v) is 5.91. The molecule has 5 heteroatoms. The number of nitrogens with two attached hydrogens (primary N) is 1. The van der Waals surface area contributed by atoms with E-state index in [-0.39, 0.29) is 5.75 Å². The lowest BCUT2D eigenvalue weighted by atomic mass is 10.1. The number of anilines is 1. The highest BCUT2D eigenvalue weighted by atomic mass is 79.9. The minimum Gasteiger partial charge on any atom is -0.506 e. The summed E-state index contributed by atoms with van der Waals surface area (Å²) in [5.74, 6) is 0.969. The predicted octanol–water partition coefficient (Wildman–Crippen LogP) is 4.16. The molecular weight excluding hydrogens is 330 g/mol. The number of hydrogen-bond acceptors (Lipinski definition) is 3. The summed E-state index contributed by atoms with van der Waals surface area (Å²) in [6.07, 6.45) is 1.02. The van der Waals surface area contributed by atoms with Gasteiger partial charge in [-0.15, -0.1) is 0 Å². The SMILES string of the molecule is CCCn1c(-c2ccc(O)c(N)c2)nc2cc(Br)ccc21. The van der Waals surface area contributed by atoms with Crippen LogP contribution in [0.5, 0.6) is 5.75 Å². The van der Waals surface area contributed by atoms with Crippen LogP contribution < -0.4 is 5.73 Å². The molecule has 4 nitrogen and oxygen atoms in total. The summed E-state index contributed by atoms with van der Waals surface area (Å²) in [5, 5.41) is 9.58. The van der Waals surface area contributed by atoms with Gasteiger partial charge in [-0.2, -0.15) is 0 Å². The number of aromatic hydroxyl groups is 1. The van der Waals surface area contributed by atoms with Gasteiger partial charge in [-0.25, -0.2) is 4.98 Å². The van der Waals surface area contributed by atoms with Crippen LogP contribution >= 0.6 is 15.9 Å². The molecule has 0 aliphatic carbocycles. The van der Waals surface area contributed by atoms with Gasteiger partial charge in [0.15, 0.2) is 0 Å². The summed E-state index contributed by atoms with van der Waals surface area (Å²) in [7, 11) is 0. The number of aromatic nitrogens is 2. The number of halogens is 1. The highest BCUT2D eigenvalue weighted by Crippen LogP contribution is 2.30. The summed E-state index contributed by atoms with van der Waals surface area (Å²) in [6.45, 7) is 3.02. The van der Waals surface area contributed by atoms with Crippen LogP contribution in [0.15, 0.2) is 40.9 Å². The Balaban J connectivity index is 2.24. The molecule has 0 saturated heterocycles. The van der Waals surface area contributed by atoms with E-state index in [1.54, 1.807) is 12.1 Å². The summed E-state index contributed by atoms with van der Waals surface area (Å²) < 4.78 is 3.20.